The number of hydrogen-bond acceptors (Lipinski definition) is 5. The molecule has 134 valence electrons. The van der Waals surface area contributed by atoms with Gasteiger partial charge in [0.1, 0.15) is 0 Å². The molecule has 7 nitrogen and oxygen atoms in total. The number of carboxylic acids is 1. The largest absolute Gasteiger partial charge is 0.481 e. The maximum Gasteiger partial charge on any atom is 0.306 e. The van der Waals surface area contributed by atoms with Crippen LogP contribution in [0.5, 0.6) is 0 Å². The van der Waals surface area contributed by atoms with Crippen molar-refractivity contribution in [3.8, 4) is 0 Å². The Morgan fingerprint density at radius 3 is 2.88 bits per heavy atom. The molecule has 2 aromatic heterocycles. The van der Waals surface area contributed by atoms with Crippen molar-refractivity contribution in [2.75, 3.05) is 12.0 Å². The summed E-state index contributed by atoms with van der Waals surface area (Å²) in [6, 6.07) is 5.44. The number of carboxylic acid groups (broad SMARTS) is 1. The van der Waals surface area contributed by atoms with E-state index in [-0.39, 0.29) is 17.9 Å². The molecule has 0 aromatic carbocycles. The van der Waals surface area contributed by atoms with Crippen LogP contribution in [0, 0.1) is 11.8 Å². The van der Waals surface area contributed by atoms with E-state index in [0.29, 0.717) is 25.1 Å². The fourth-order valence-electron chi connectivity index (χ4n) is 3.33. The van der Waals surface area contributed by atoms with Gasteiger partial charge in [0, 0.05) is 12.1 Å². The van der Waals surface area contributed by atoms with Crippen LogP contribution < -0.4 is 5.32 Å². The minimum Gasteiger partial charge on any atom is -0.481 e. The molecule has 1 amide bonds. The smallest absolute Gasteiger partial charge is 0.306 e. The van der Waals surface area contributed by atoms with E-state index in [1.165, 1.54) is 0 Å². The summed E-state index contributed by atoms with van der Waals surface area (Å²) in [5.74, 6) is 0.0622. The molecular weight excluding hydrogens is 340 g/mol. The molecule has 2 aromatic rings. The van der Waals surface area contributed by atoms with E-state index in [1.54, 1.807) is 11.8 Å². The van der Waals surface area contributed by atoms with Gasteiger partial charge >= 0.3 is 5.97 Å². The molecule has 0 bridgehead atoms. The number of aliphatic carboxylic acids is 1. The first-order chi connectivity index (χ1) is 12.1. The summed E-state index contributed by atoms with van der Waals surface area (Å²) in [4.78, 5) is 23.8. The summed E-state index contributed by atoms with van der Waals surface area (Å²) in [5, 5.41) is 20.6. The topological polar surface area (TPSA) is 96.6 Å². The normalized spacial score (nSPS) is 21.3. The number of carbonyl (C=O) groups is 2. The Morgan fingerprint density at radius 1 is 1.36 bits per heavy atom. The number of thioether (sulfide) groups is 1. The first kappa shape index (κ1) is 17.7. The van der Waals surface area contributed by atoms with Gasteiger partial charge < -0.3 is 10.4 Å². The van der Waals surface area contributed by atoms with E-state index < -0.39 is 11.9 Å². The Morgan fingerprint density at radius 2 is 2.16 bits per heavy atom. The van der Waals surface area contributed by atoms with Crippen molar-refractivity contribution in [1.82, 2.24) is 19.9 Å². The zero-order valence-corrected chi connectivity index (χ0v) is 14.9. The Bertz CT molecular complexity index is 763. The van der Waals surface area contributed by atoms with Gasteiger partial charge in [-0.15, -0.1) is 10.2 Å². The molecule has 8 heteroatoms. The van der Waals surface area contributed by atoms with Gasteiger partial charge in [-0.1, -0.05) is 6.07 Å². The molecular formula is C17H22N4O3S. The summed E-state index contributed by atoms with van der Waals surface area (Å²) >= 11 is 1.71. The summed E-state index contributed by atoms with van der Waals surface area (Å²) in [6.07, 6.45) is 6.26. The van der Waals surface area contributed by atoms with Gasteiger partial charge in [-0.2, -0.15) is 11.8 Å². The second-order valence-corrected chi connectivity index (χ2v) is 7.36. The Labute approximate surface area is 150 Å². The molecule has 1 saturated carbocycles. The first-order valence-electron chi connectivity index (χ1n) is 8.42. The molecule has 3 rings (SSSR count). The van der Waals surface area contributed by atoms with Crippen LogP contribution in [0.4, 0.5) is 0 Å². The van der Waals surface area contributed by atoms with Gasteiger partial charge in [-0.05, 0) is 49.8 Å². The van der Waals surface area contributed by atoms with Crippen LogP contribution in [-0.2, 0) is 9.59 Å². The molecule has 0 spiro atoms. The standard InChI is InChI=1S/C17H22N4O3S/c1-25-9-7-13(15-20-19-14-4-2-3-8-21(14)15)18-16(22)11-5-6-12(10-11)17(23)24/h2-4,8,11-13H,5-7,9-10H2,1H3,(H,18,22)(H,23,24)/t11-,12+,13?/m1/s1. The Balaban J connectivity index is 1.75. The lowest BCUT2D eigenvalue weighted by Gasteiger charge is -2.19. The summed E-state index contributed by atoms with van der Waals surface area (Å²) in [6.45, 7) is 0. The van der Waals surface area contributed by atoms with Crippen molar-refractivity contribution in [2.24, 2.45) is 11.8 Å². The minimum atomic E-state index is -0.808. The zero-order chi connectivity index (χ0) is 17.8. The quantitative estimate of drug-likeness (QED) is 0.783. The van der Waals surface area contributed by atoms with E-state index in [9.17, 15) is 9.59 Å². The number of amides is 1. The number of pyridine rings is 1. The van der Waals surface area contributed by atoms with Gasteiger partial charge in [0.05, 0.1) is 12.0 Å². The number of rotatable bonds is 7. The predicted octanol–water partition coefficient (Wildman–Crippen LogP) is 2.14. The van der Waals surface area contributed by atoms with E-state index in [1.807, 2.05) is 35.1 Å². The van der Waals surface area contributed by atoms with Crippen LogP contribution in [-0.4, -0.2) is 43.6 Å². The molecule has 2 N–H and O–H groups in total. The number of nitrogens with zero attached hydrogens (tertiary/aromatic N) is 3. The van der Waals surface area contributed by atoms with Crippen LogP contribution in [0.2, 0.25) is 0 Å². The maximum absolute atomic E-state index is 12.7. The number of nitrogens with one attached hydrogen (secondary N) is 1. The third-order valence-electron chi connectivity index (χ3n) is 4.73. The molecule has 1 aliphatic carbocycles. The highest BCUT2D eigenvalue weighted by Gasteiger charge is 2.35. The summed E-state index contributed by atoms with van der Waals surface area (Å²) in [5.41, 5.74) is 0.743. The fourth-order valence-corrected chi connectivity index (χ4v) is 3.80. The van der Waals surface area contributed by atoms with Crippen molar-refractivity contribution in [3.63, 3.8) is 0 Å². The fraction of sp³-hybridized carbons (Fsp3) is 0.529. The van der Waals surface area contributed by atoms with Crippen LogP contribution in [0.1, 0.15) is 37.5 Å². The second kappa shape index (κ2) is 7.86. The lowest BCUT2D eigenvalue weighted by Crippen LogP contribution is -2.34. The van der Waals surface area contributed by atoms with E-state index in [0.717, 1.165) is 17.8 Å². The molecule has 2 heterocycles. The summed E-state index contributed by atoms with van der Waals surface area (Å²) in [7, 11) is 0. The molecule has 0 aliphatic heterocycles. The van der Waals surface area contributed by atoms with E-state index in [2.05, 4.69) is 15.5 Å². The predicted molar refractivity (Wildman–Crippen MR) is 95.3 cm³/mol. The van der Waals surface area contributed by atoms with Gasteiger partial charge in [-0.3, -0.25) is 14.0 Å². The van der Waals surface area contributed by atoms with Gasteiger partial charge in [0.2, 0.25) is 5.91 Å². The summed E-state index contributed by atoms with van der Waals surface area (Å²) < 4.78 is 1.89. The Kier molecular flexibility index (Phi) is 5.57. The molecule has 1 aliphatic rings. The van der Waals surface area contributed by atoms with Crippen molar-refractivity contribution in [3.05, 3.63) is 30.2 Å². The molecule has 3 atom stereocenters. The number of aromatic nitrogens is 3. The number of carbonyl (C=O) groups excluding carboxylic acids is 1. The average molecular weight is 362 g/mol. The minimum absolute atomic E-state index is 0.0810. The van der Waals surface area contributed by atoms with Gasteiger partial charge in [0.15, 0.2) is 11.5 Å². The third-order valence-corrected chi connectivity index (χ3v) is 5.38. The number of hydrogen-bond donors (Lipinski definition) is 2. The first-order valence-corrected chi connectivity index (χ1v) is 9.81. The molecule has 0 saturated heterocycles. The highest BCUT2D eigenvalue weighted by molar-refractivity contribution is 7.98. The van der Waals surface area contributed by atoms with Crippen molar-refractivity contribution >= 4 is 29.3 Å². The molecule has 25 heavy (non-hydrogen) atoms. The van der Waals surface area contributed by atoms with Crippen LogP contribution in [0.25, 0.3) is 5.65 Å². The van der Waals surface area contributed by atoms with Crippen LogP contribution in [0.3, 0.4) is 0 Å². The SMILES string of the molecule is CSCCC(NC(=O)[C@@H]1CC[C@H](C(=O)O)C1)c1nnc2ccccn12. The third kappa shape index (κ3) is 3.95. The van der Waals surface area contributed by atoms with Crippen molar-refractivity contribution < 1.29 is 14.7 Å². The highest BCUT2D eigenvalue weighted by atomic mass is 32.2. The van der Waals surface area contributed by atoms with E-state index >= 15 is 0 Å². The van der Waals surface area contributed by atoms with Crippen molar-refractivity contribution in [1.29, 1.82) is 0 Å². The molecule has 0 radical (unpaired) electrons. The molecule has 1 fully saturated rings. The molecule has 1 unspecified atom stereocenters. The van der Waals surface area contributed by atoms with Crippen molar-refractivity contribution in [2.45, 2.75) is 31.7 Å². The monoisotopic (exact) mass is 362 g/mol. The maximum atomic E-state index is 12.7. The number of fused-ring (bicyclic) bond motifs is 1. The zero-order valence-electron chi connectivity index (χ0n) is 14.1. The van der Waals surface area contributed by atoms with Gasteiger partial charge in [-0.25, -0.2) is 0 Å². The van der Waals surface area contributed by atoms with E-state index in [4.69, 9.17) is 5.11 Å². The lowest BCUT2D eigenvalue weighted by molar-refractivity contribution is -0.141. The van der Waals surface area contributed by atoms with Gasteiger partial charge in [0.25, 0.3) is 0 Å². The lowest BCUT2D eigenvalue weighted by atomic mass is 10.0. The second-order valence-electron chi connectivity index (χ2n) is 6.37. The van der Waals surface area contributed by atoms with Crippen LogP contribution >= 0.6 is 11.8 Å². The van der Waals surface area contributed by atoms with Crippen LogP contribution in [0.15, 0.2) is 24.4 Å². The highest BCUT2D eigenvalue weighted by Crippen LogP contribution is 2.32. The Hall–Kier alpha value is -2.09. The average Bonchev–Trinajstić information content (AvgIpc) is 3.25.